The highest BCUT2D eigenvalue weighted by Gasteiger charge is 2.56. The van der Waals surface area contributed by atoms with Gasteiger partial charge in [0.2, 0.25) is 0 Å². The van der Waals surface area contributed by atoms with Crippen LogP contribution in [0.5, 0.6) is 11.5 Å². The smallest absolute Gasteiger partial charge is 0.161 e. The lowest BCUT2D eigenvalue weighted by atomic mass is 9.45. The van der Waals surface area contributed by atoms with Crippen molar-refractivity contribution in [3.05, 3.63) is 22.8 Å². The van der Waals surface area contributed by atoms with E-state index in [-0.39, 0.29) is 22.3 Å². The average Bonchev–Trinajstić information content (AvgIpc) is 2.62. The van der Waals surface area contributed by atoms with Crippen LogP contribution < -0.4 is 0 Å². The Balaban J connectivity index is 1.39. The predicted octanol–water partition coefficient (Wildman–Crippen LogP) is 6.34. The molecule has 2 nitrogen and oxygen atoms in total. The first-order valence-electron chi connectivity index (χ1n) is 12.5. The molecule has 8 aliphatic carbocycles. The normalized spacial score (nSPS) is 49.1. The molecule has 1 aromatic carbocycles. The summed E-state index contributed by atoms with van der Waals surface area (Å²) in [6.45, 7) is 2.31. The molecule has 8 aliphatic rings. The van der Waals surface area contributed by atoms with E-state index in [4.69, 9.17) is 0 Å². The third-order valence-corrected chi connectivity index (χ3v) is 10.7. The summed E-state index contributed by atoms with van der Waals surface area (Å²) in [6, 6.07) is 2.00. The van der Waals surface area contributed by atoms with E-state index < -0.39 is 0 Å². The van der Waals surface area contributed by atoms with E-state index in [1.165, 1.54) is 93.7 Å². The third kappa shape index (κ3) is 2.30. The third-order valence-electron chi connectivity index (χ3n) is 10.7. The fraction of sp³-hybridized carbons (Fsp3) is 0.778. The van der Waals surface area contributed by atoms with E-state index in [0.29, 0.717) is 0 Å². The Hall–Kier alpha value is -1.18. The van der Waals surface area contributed by atoms with Crippen LogP contribution in [-0.2, 0) is 10.8 Å². The van der Waals surface area contributed by atoms with Gasteiger partial charge in [0, 0.05) is 11.0 Å². The lowest BCUT2D eigenvalue weighted by molar-refractivity contribution is -0.00977. The maximum absolute atomic E-state index is 11.2. The summed E-state index contributed by atoms with van der Waals surface area (Å²) < 4.78 is 0. The summed E-state index contributed by atoms with van der Waals surface area (Å²) in [5, 5.41) is 22.2. The highest BCUT2D eigenvalue weighted by atomic mass is 16.3. The molecular weight excluding hydrogens is 356 g/mol. The van der Waals surface area contributed by atoms with Gasteiger partial charge in [0.05, 0.1) is 0 Å². The van der Waals surface area contributed by atoms with Crippen LogP contribution in [0.4, 0.5) is 0 Å². The van der Waals surface area contributed by atoms with Gasteiger partial charge < -0.3 is 10.2 Å². The van der Waals surface area contributed by atoms with Crippen molar-refractivity contribution in [2.75, 3.05) is 0 Å². The van der Waals surface area contributed by atoms with E-state index in [1.807, 2.05) is 6.07 Å². The highest BCUT2D eigenvalue weighted by Crippen LogP contribution is 2.66. The molecule has 0 amide bonds. The number of hydrogen-bond donors (Lipinski definition) is 2. The lowest BCUT2D eigenvalue weighted by Crippen LogP contribution is -2.50. The molecule has 29 heavy (non-hydrogen) atoms. The molecule has 0 saturated heterocycles. The molecule has 8 fully saturated rings. The van der Waals surface area contributed by atoms with Gasteiger partial charge in [-0.25, -0.2) is 0 Å². The molecule has 9 rings (SSSR count). The van der Waals surface area contributed by atoms with Crippen LogP contribution in [-0.4, -0.2) is 10.2 Å². The molecule has 0 atom stereocenters. The first kappa shape index (κ1) is 17.5. The summed E-state index contributed by atoms with van der Waals surface area (Å²) in [7, 11) is 0. The predicted molar refractivity (Wildman–Crippen MR) is 114 cm³/mol. The van der Waals surface area contributed by atoms with Gasteiger partial charge in [-0.1, -0.05) is 0 Å². The Kier molecular flexibility index (Phi) is 3.34. The largest absolute Gasteiger partial charge is 0.504 e. The van der Waals surface area contributed by atoms with Crippen LogP contribution in [0.15, 0.2) is 6.07 Å². The first-order chi connectivity index (χ1) is 13.9. The second kappa shape index (κ2) is 5.54. The van der Waals surface area contributed by atoms with Crippen LogP contribution in [0.3, 0.4) is 0 Å². The standard InChI is InChI=1S/C27H36O2/c1-15-22(26-9-16-2-17(10-26)4-18(3-16)11-26)8-23(28)25(29)24(15)27-12-19-5-20(13-27)7-21(6-19)14-27/h8,16-21,28-29H,2-7,9-14H2,1H3. The molecule has 8 saturated carbocycles. The average molecular weight is 393 g/mol. The quantitative estimate of drug-likeness (QED) is 0.576. The van der Waals surface area contributed by atoms with Gasteiger partial charge in [0.15, 0.2) is 11.5 Å². The number of phenols is 2. The zero-order valence-electron chi connectivity index (χ0n) is 17.9. The van der Waals surface area contributed by atoms with Crippen LogP contribution in [0.25, 0.3) is 0 Å². The van der Waals surface area contributed by atoms with Crippen molar-refractivity contribution in [1.82, 2.24) is 0 Å². The van der Waals surface area contributed by atoms with E-state index in [2.05, 4.69) is 6.92 Å². The van der Waals surface area contributed by atoms with Crippen LogP contribution in [0.2, 0.25) is 0 Å². The molecule has 0 unspecified atom stereocenters. The molecule has 1 aromatic rings. The molecule has 0 radical (unpaired) electrons. The van der Waals surface area contributed by atoms with Crippen molar-refractivity contribution >= 4 is 0 Å². The molecule has 8 bridgehead atoms. The van der Waals surface area contributed by atoms with E-state index in [0.717, 1.165) is 35.5 Å². The Morgan fingerprint density at radius 3 is 1.45 bits per heavy atom. The zero-order valence-corrected chi connectivity index (χ0v) is 17.9. The Labute approximate surface area is 175 Å². The molecular formula is C27H36O2. The number of rotatable bonds is 2. The molecule has 0 spiro atoms. The van der Waals surface area contributed by atoms with Crippen LogP contribution in [0, 0.1) is 42.4 Å². The highest BCUT2D eigenvalue weighted by molar-refractivity contribution is 5.58. The monoisotopic (exact) mass is 392 g/mol. The molecule has 2 N–H and O–H groups in total. The summed E-state index contributed by atoms with van der Waals surface area (Å²) in [5.74, 6) is 5.67. The van der Waals surface area contributed by atoms with Crippen molar-refractivity contribution in [3.63, 3.8) is 0 Å². The van der Waals surface area contributed by atoms with Gasteiger partial charge in [0.25, 0.3) is 0 Å². The van der Waals surface area contributed by atoms with E-state index >= 15 is 0 Å². The molecule has 0 heterocycles. The van der Waals surface area contributed by atoms with Crippen LogP contribution >= 0.6 is 0 Å². The van der Waals surface area contributed by atoms with Gasteiger partial charge in [-0.3, -0.25) is 0 Å². The fourth-order valence-corrected chi connectivity index (χ4v) is 10.8. The van der Waals surface area contributed by atoms with Crippen molar-refractivity contribution in [3.8, 4) is 11.5 Å². The van der Waals surface area contributed by atoms with Crippen LogP contribution in [0.1, 0.15) is 93.7 Å². The van der Waals surface area contributed by atoms with Crippen molar-refractivity contribution in [1.29, 1.82) is 0 Å². The second-order valence-corrected chi connectivity index (χ2v) is 12.7. The first-order valence-corrected chi connectivity index (χ1v) is 12.5. The van der Waals surface area contributed by atoms with Gasteiger partial charge in [-0.2, -0.15) is 0 Å². The number of benzene rings is 1. The van der Waals surface area contributed by atoms with Gasteiger partial charge >= 0.3 is 0 Å². The Morgan fingerprint density at radius 2 is 1.03 bits per heavy atom. The van der Waals surface area contributed by atoms with E-state index in [9.17, 15) is 10.2 Å². The number of aromatic hydroxyl groups is 2. The minimum Gasteiger partial charge on any atom is -0.504 e. The Bertz CT molecular complexity index is 810. The summed E-state index contributed by atoms with van der Waals surface area (Å²) in [6.07, 6.45) is 16.3. The second-order valence-electron chi connectivity index (χ2n) is 12.7. The molecule has 156 valence electrons. The van der Waals surface area contributed by atoms with Crippen molar-refractivity contribution in [2.45, 2.75) is 94.8 Å². The maximum atomic E-state index is 11.2. The number of hydrogen-bond acceptors (Lipinski definition) is 2. The zero-order chi connectivity index (χ0) is 19.5. The summed E-state index contributed by atoms with van der Waals surface area (Å²) in [5.41, 5.74) is 4.39. The van der Waals surface area contributed by atoms with Crippen molar-refractivity contribution < 1.29 is 10.2 Å². The summed E-state index contributed by atoms with van der Waals surface area (Å²) >= 11 is 0. The maximum Gasteiger partial charge on any atom is 0.161 e. The lowest BCUT2D eigenvalue weighted by Gasteiger charge is -2.59. The fourth-order valence-electron chi connectivity index (χ4n) is 10.8. The van der Waals surface area contributed by atoms with Gasteiger partial charge in [-0.05, 0) is 142 Å². The Morgan fingerprint density at radius 1 is 0.655 bits per heavy atom. The van der Waals surface area contributed by atoms with E-state index in [1.54, 1.807) is 0 Å². The molecule has 0 aromatic heterocycles. The minimum atomic E-state index is 0.138. The van der Waals surface area contributed by atoms with Gasteiger partial charge in [0.1, 0.15) is 0 Å². The summed E-state index contributed by atoms with van der Waals surface area (Å²) in [4.78, 5) is 0. The number of phenolic OH excluding ortho intramolecular Hbond substituents is 2. The van der Waals surface area contributed by atoms with Gasteiger partial charge in [-0.15, -0.1) is 0 Å². The SMILES string of the molecule is Cc1c(C23CC4CC(CC(C4)C2)C3)cc(O)c(O)c1C12CC3CC(CC(C3)C1)C2. The minimum absolute atomic E-state index is 0.138. The topological polar surface area (TPSA) is 40.5 Å². The molecule has 0 aliphatic heterocycles. The van der Waals surface area contributed by atoms with Crippen molar-refractivity contribution in [2.24, 2.45) is 35.5 Å². The molecule has 2 heteroatoms.